The Balaban J connectivity index is 3.28. The molecule has 0 unspecified atom stereocenters. The van der Waals surface area contributed by atoms with E-state index in [1.807, 2.05) is 0 Å². The Morgan fingerprint density at radius 3 is 2.43 bits per heavy atom. The largest absolute Gasteiger partial charge is 0.480 e. The Bertz CT molecular complexity index is 683. The summed E-state index contributed by atoms with van der Waals surface area (Å²) in [5.41, 5.74) is 4.23. The summed E-state index contributed by atoms with van der Waals surface area (Å²) in [7, 11) is -4.45. The summed E-state index contributed by atoms with van der Waals surface area (Å²) in [5, 5.41) is 19.3. The van der Waals surface area contributed by atoms with E-state index in [2.05, 4.69) is 0 Å². The van der Waals surface area contributed by atoms with Gasteiger partial charge in [0.1, 0.15) is 10.8 Å². The van der Waals surface area contributed by atoms with Gasteiger partial charge in [-0.15, -0.1) is 11.3 Å². The molecule has 0 saturated carbocycles. The van der Waals surface area contributed by atoms with Gasteiger partial charge in [-0.05, 0) is 0 Å². The molecule has 1 amide bonds. The maximum Gasteiger partial charge on any atom is 0.318 e. The quantitative estimate of drug-likeness (QED) is 0.507. The van der Waals surface area contributed by atoms with E-state index in [0.717, 1.165) is 0 Å². The van der Waals surface area contributed by atoms with Crippen LogP contribution in [0.25, 0.3) is 0 Å². The van der Waals surface area contributed by atoms with Crippen molar-refractivity contribution in [3.8, 4) is 0 Å². The number of rotatable bonds is 7. The van der Waals surface area contributed by atoms with E-state index in [1.54, 1.807) is 0 Å². The summed E-state index contributed by atoms with van der Waals surface area (Å²) >= 11 is 5.93. The van der Waals surface area contributed by atoms with Crippen LogP contribution < -0.4 is 5.73 Å². The van der Waals surface area contributed by atoms with Gasteiger partial charge in [-0.2, -0.15) is 4.31 Å². The lowest BCUT2D eigenvalue weighted by Crippen LogP contribution is -2.41. The monoisotopic (exact) mass is 357 g/mol. The average Bonchev–Trinajstić information content (AvgIpc) is 2.70. The molecule has 0 aliphatic carbocycles. The summed E-state index contributed by atoms with van der Waals surface area (Å²) in [6, 6.07) is 0.693. The maximum atomic E-state index is 12.2. The Morgan fingerprint density at radius 1 is 1.48 bits per heavy atom. The first-order chi connectivity index (χ1) is 9.55. The molecule has 1 aromatic heterocycles. The number of primary amides is 1. The fraction of sp³-hybridized carbons (Fsp3) is 0.250. The highest BCUT2D eigenvalue weighted by atomic mass is 35.5. The van der Waals surface area contributed by atoms with Crippen molar-refractivity contribution in [2.45, 2.75) is 4.21 Å². The number of carbonyl (C=O) groups excluding carboxylic acids is 1. The fourth-order valence-corrected chi connectivity index (χ4v) is 4.44. The molecule has 0 saturated heterocycles. The topological polar surface area (TPSA) is 161 Å². The minimum atomic E-state index is -4.45. The zero-order valence-electron chi connectivity index (χ0n) is 10.1. The van der Waals surface area contributed by atoms with Gasteiger partial charge >= 0.3 is 5.97 Å². The predicted octanol–water partition coefficient (Wildman–Crippen LogP) is -0.130. The third kappa shape index (κ3) is 4.10. The van der Waals surface area contributed by atoms with E-state index in [0.29, 0.717) is 21.7 Å². The highest BCUT2D eigenvalue weighted by Crippen LogP contribution is 2.37. The number of sulfonamides is 1. The molecule has 0 aromatic carbocycles. The van der Waals surface area contributed by atoms with E-state index in [-0.39, 0.29) is 4.34 Å². The molecule has 0 fully saturated rings. The molecule has 0 spiro atoms. The summed E-state index contributed by atoms with van der Waals surface area (Å²) < 4.78 is 23.7. The standard InChI is InChI=1S/C8H8ClN3O7S2/c9-8-4(12(16)17)1-7(20-8)21(18,19)11(2-5(10)13)3-6(14)15/h1H,2-3H2,(H2,10,13)(H,14,15). The number of carbonyl (C=O) groups is 2. The molecular formula is C8H8ClN3O7S2. The van der Waals surface area contributed by atoms with Crippen molar-refractivity contribution in [1.29, 1.82) is 0 Å². The summed E-state index contributed by atoms with van der Waals surface area (Å²) in [5.74, 6) is -2.59. The van der Waals surface area contributed by atoms with Gasteiger partial charge < -0.3 is 10.8 Å². The number of nitrogens with zero attached hydrogens (tertiary/aromatic N) is 2. The number of halogens is 1. The third-order valence-corrected chi connectivity index (χ3v) is 5.66. The summed E-state index contributed by atoms with van der Waals surface area (Å²) in [4.78, 5) is 31.3. The predicted molar refractivity (Wildman–Crippen MR) is 71.6 cm³/mol. The van der Waals surface area contributed by atoms with Crippen molar-refractivity contribution in [3.63, 3.8) is 0 Å². The molecule has 0 radical (unpaired) electrons. The van der Waals surface area contributed by atoms with E-state index < -0.39 is 49.8 Å². The van der Waals surface area contributed by atoms with Crippen molar-refractivity contribution in [1.82, 2.24) is 4.31 Å². The number of carboxylic acids is 1. The zero-order chi connectivity index (χ0) is 16.4. The second kappa shape index (κ2) is 6.34. The van der Waals surface area contributed by atoms with Crippen LogP contribution in [0.15, 0.2) is 10.3 Å². The van der Waals surface area contributed by atoms with Crippen LogP contribution in [-0.2, 0) is 19.6 Å². The molecule has 0 atom stereocenters. The van der Waals surface area contributed by atoms with Crippen LogP contribution in [0.4, 0.5) is 5.69 Å². The molecule has 1 heterocycles. The van der Waals surface area contributed by atoms with Crippen LogP contribution in [0.3, 0.4) is 0 Å². The van der Waals surface area contributed by atoms with Crippen molar-refractivity contribution < 1.29 is 28.0 Å². The Hall–Kier alpha value is -1.76. The van der Waals surface area contributed by atoms with Gasteiger partial charge in [-0.3, -0.25) is 19.7 Å². The number of nitro groups is 1. The second-order valence-corrected chi connectivity index (χ2v) is 7.43. The van der Waals surface area contributed by atoms with Gasteiger partial charge in [0, 0.05) is 6.07 Å². The Morgan fingerprint density at radius 2 is 2.05 bits per heavy atom. The number of aliphatic carboxylic acids is 1. The van der Waals surface area contributed by atoms with Crippen LogP contribution in [0, 0.1) is 10.1 Å². The first-order valence-corrected chi connectivity index (χ1v) is 7.63. The number of hydrogen-bond donors (Lipinski definition) is 2. The summed E-state index contributed by atoms with van der Waals surface area (Å²) in [6.07, 6.45) is 0. The van der Waals surface area contributed by atoms with Crippen LogP contribution >= 0.6 is 22.9 Å². The number of nitrogens with two attached hydrogens (primary N) is 1. The van der Waals surface area contributed by atoms with Crippen LogP contribution in [-0.4, -0.2) is 47.7 Å². The zero-order valence-corrected chi connectivity index (χ0v) is 12.4. The first kappa shape index (κ1) is 17.3. The van der Waals surface area contributed by atoms with Gasteiger partial charge in [0.15, 0.2) is 4.34 Å². The number of hydrogen-bond acceptors (Lipinski definition) is 7. The molecule has 3 N–H and O–H groups in total. The molecule has 0 aliphatic heterocycles. The summed E-state index contributed by atoms with van der Waals surface area (Å²) in [6.45, 7) is -1.90. The molecule has 116 valence electrons. The minimum absolute atomic E-state index is 0.295. The van der Waals surface area contributed by atoms with Crippen LogP contribution in [0.5, 0.6) is 0 Å². The molecule has 13 heteroatoms. The third-order valence-electron chi connectivity index (χ3n) is 2.08. The number of carboxylic acid groups (broad SMARTS) is 1. The van der Waals surface area contributed by atoms with Crippen molar-refractivity contribution >= 4 is 50.5 Å². The van der Waals surface area contributed by atoms with E-state index >= 15 is 0 Å². The molecule has 21 heavy (non-hydrogen) atoms. The number of thiophene rings is 1. The number of amides is 1. The average molecular weight is 358 g/mol. The first-order valence-electron chi connectivity index (χ1n) is 4.99. The van der Waals surface area contributed by atoms with E-state index in [1.165, 1.54) is 0 Å². The van der Waals surface area contributed by atoms with E-state index in [9.17, 15) is 28.1 Å². The molecule has 1 rings (SSSR count). The SMILES string of the molecule is NC(=O)CN(CC(=O)O)S(=O)(=O)c1cc([N+](=O)[O-])c(Cl)s1. The van der Waals surface area contributed by atoms with E-state index in [4.69, 9.17) is 22.4 Å². The lowest BCUT2D eigenvalue weighted by atomic mass is 10.5. The molecule has 10 nitrogen and oxygen atoms in total. The molecule has 0 aliphatic rings. The Labute approximate surface area is 126 Å². The maximum absolute atomic E-state index is 12.2. The molecular weight excluding hydrogens is 350 g/mol. The van der Waals surface area contributed by atoms with Crippen molar-refractivity contribution in [2.75, 3.05) is 13.1 Å². The minimum Gasteiger partial charge on any atom is -0.480 e. The lowest BCUT2D eigenvalue weighted by Gasteiger charge is -2.17. The lowest BCUT2D eigenvalue weighted by molar-refractivity contribution is -0.384. The van der Waals surface area contributed by atoms with Crippen LogP contribution in [0.2, 0.25) is 4.34 Å². The second-order valence-electron chi connectivity index (χ2n) is 3.61. The Kier molecular flexibility index (Phi) is 5.22. The highest BCUT2D eigenvalue weighted by Gasteiger charge is 2.32. The normalized spacial score (nSPS) is 11.5. The smallest absolute Gasteiger partial charge is 0.318 e. The van der Waals surface area contributed by atoms with Crippen molar-refractivity contribution in [3.05, 3.63) is 20.5 Å². The van der Waals surface area contributed by atoms with Crippen LogP contribution in [0.1, 0.15) is 0 Å². The molecule has 1 aromatic rings. The molecule has 0 bridgehead atoms. The van der Waals surface area contributed by atoms with Gasteiger partial charge in [0.05, 0.1) is 11.5 Å². The van der Waals surface area contributed by atoms with Crippen molar-refractivity contribution in [2.24, 2.45) is 5.73 Å². The fourth-order valence-electron chi connectivity index (χ4n) is 1.27. The van der Waals surface area contributed by atoms with Gasteiger partial charge in [-0.25, -0.2) is 8.42 Å². The van der Waals surface area contributed by atoms with Gasteiger partial charge in [0.25, 0.3) is 15.7 Å². The van der Waals surface area contributed by atoms with Gasteiger partial charge in [0.2, 0.25) is 5.91 Å². The van der Waals surface area contributed by atoms with Gasteiger partial charge in [-0.1, -0.05) is 11.6 Å². The highest BCUT2D eigenvalue weighted by molar-refractivity contribution is 7.91.